The number of benzene rings is 1. The zero-order valence-electron chi connectivity index (χ0n) is 10.7. The number of hydrogen-bond donors (Lipinski definition) is 1. The van der Waals surface area contributed by atoms with Crippen LogP contribution >= 0.6 is 11.3 Å². The lowest BCUT2D eigenvalue weighted by molar-refractivity contribution is 0.222. The number of aliphatic hydroxyl groups is 1. The average molecular weight is 246 g/mol. The van der Waals surface area contributed by atoms with Gasteiger partial charge in [0.25, 0.3) is 0 Å². The van der Waals surface area contributed by atoms with Crippen molar-refractivity contribution in [2.24, 2.45) is 0 Å². The highest BCUT2D eigenvalue weighted by Gasteiger charge is 2.17. The highest BCUT2D eigenvalue weighted by Crippen LogP contribution is 2.32. The van der Waals surface area contributed by atoms with Crippen LogP contribution in [0.1, 0.15) is 38.1 Å². The Kier molecular flexibility index (Phi) is 3.36. The molecule has 1 atom stereocenters. The molecule has 0 saturated carbocycles. The summed E-state index contributed by atoms with van der Waals surface area (Å²) in [6.45, 7) is 8.29. The van der Waals surface area contributed by atoms with E-state index in [1.54, 1.807) is 11.3 Å². The quantitative estimate of drug-likeness (QED) is 0.847. The second kappa shape index (κ2) is 4.63. The van der Waals surface area contributed by atoms with Crippen molar-refractivity contribution in [3.05, 3.63) is 56.3 Å². The molecule has 2 aromatic rings. The van der Waals surface area contributed by atoms with E-state index in [2.05, 4.69) is 45.9 Å². The third-order valence-corrected chi connectivity index (χ3v) is 4.10. The second-order valence-corrected chi connectivity index (χ2v) is 5.98. The van der Waals surface area contributed by atoms with Gasteiger partial charge in [0, 0.05) is 9.75 Å². The summed E-state index contributed by atoms with van der Waals surface area (Å²) in [5.74, 6) is 0. The van der Waals surface area contributed by atoms with Crippen molar-refractivity contribution in [1.82, 2.24) is 0 Å². The highest BCUT2D eigenvalue weighted by atomic mass is 32.1. The first-order chi connectivity index (χ1) is 7.99. The van der Waals surface area contributed by atoms with Crippen molar-refractivity contribution in [1.29, 1.82) is 0 Å². The molecule has 1 heterocycles. The number of aryl methyl sites for hydroxylation is 4. The Morgan fingerprint density at radius 2 is 1.59 bits per heavy atom. The van der Waals surface area contributed by atoms with Crippen molar-refractivity contribution in [3.63, 3.8) is 0 Å². The Bertz CT molecular complexity index is 517. The summed E-state index contributed by atoms with van der Waals surface area (Å²) in [6.07, 6.45) is -0.491. The molecular formula is C15H18OS. The summed E-state index contributed by atoms with van der Waals surface area (Å²) in [6, 6.07) is 8.34. The third kappa shape index (κ3) is 2.43. The molecule has 1 unspecified atom stereocenters. The predicted octanol–water partition coefficient (Wildman–Crippen LogP) is 4.06. The summed E-state index contributed by atoms with van der Waals surface area (Å²) in [4.78, 5) is 2.26. The van der Waals surface area contributed by atoms with E-state index in [0.717, 1.165) is 10.4 Å². The summed E-state index contributed by atoms with van der Waals surface area (Å²) in [5, 5.41) is 10.5. The normalized spacial score (nSPS) is 12.8. The van der Waals surface area contributed by atoms with Crippen molar-refractivity contribution in [3.8, 4) is 0 Å². The Morgan fingerprint density at radius 1 is 1.00 bits per heavy atom. The monoisotopic (exact) mass is 246 g/mol. The number of rotatable bonds is 2. The van der Waals surface area contributed by atoms with Gasteiger partial charge >= 0.3 is 0 Å². The molecule has 0 amide bonds. The molecule has 0 radical (unpaired) electrons. The minimum absolute atomic E-state index is 0.491. The van der Waals surface area contributed by atoms with E-state index in [1.807, 2.05) is 6.07 Å². The standard InChI is InChI=1S/C15H18OS/c1-9-7-10(2)14(11(3)8-9)15(16)13-6-5-12(4)17-13/h5-8,15-16H,1-4H3. The fraction of sp³-hybridized carbons (Fsp3) is 0.333. The fourth-order valence-electron chi connectivity index (χ4n) is 2.37. The van der Waals surface area contributed by atoms with Gasteiger partial charge in [-0.2, -0.15) is 0 Å². The smallest absolute Gasteiger partial charge is 0.114 e. The van der Waals surface area contributed by atoms with Gasteiger partial charge in [0.1, 0.15) is 6.10 Å². The van der Waals surface area contributed by atoms with E-state index in [9.17, 15) is 5.11 Å². The van der Waals surface area contributed by atoms with Gasteiger partial charge in [-0.25, -0.2) is 0 Å². The summed E-state index contributed by atoms with van der Waals surface area (Å²) < 4.78 is 0. The Hall–Kier alpha value is -1.12. The Morgan fingerprint density at radius 3 is 2.06 bits per heavy atom. The van der Waals surface area contributed by atoms with E-state index in [-0.39, 0.29) is 0 Å². The molecule has 0 aliphatic heterocycles. The van der Waals surface area contributed by atoms with Gasteiger partial charge in [0.2, 0.25) is 0 Å². The van der Waals surface area contributed by atoms with Crippen LogP contribution in [0.25, 0.3) is 0 Å². The molecule has 17 heavy (non-hydrogen) atoms. The molecule has 0 bridgehead atoms. The number of aliphatic hydroxyl groups excluding tert-OH is 1. The maximum atomic E-state index is 10.5. The maximum absolute atomic E-state index is 10.5. The van der Waals surface area contributed by atoms with Crippen LogP contribution < -0.4 is 0 Å². The molecule has 0 saturated heterocycles. The molecule has 1 nitrogen and oxygen atoms in total. The lowest BCUT2D eigenvalue weighted by atomic mass is 9.95. The first-order valence-corrected chi connectivity index (χ1v) is 6.63. The van der Waals surface area contributed by atoms with E-state index >= 15 is 0 Å². The molecule has 1 N–H and O–H groups in total. The van der Waals surface area contributed by atoms with Crippen LogP contribution in [-0.2, 0) is 0 Å². The molecule has 1 aromatic carbocycles. The molecule has 0 spiro atoms. The summed E-state index contributed by atoms with van der Waals surface area (Å²) >= 11 is 1.66. The van der Waals surface area contributed by atoms with Crippen LogP contribution in [0.3, 0.4) is 0 Å². The van der Waals surface area contributed by atoms with Crippen LogP contribution in [0.15, 0.2) is 24.3 Å². The highest BCUT2D eigenvalue weighted by molar-refractivity contribution is 7.12. The molecule has 0 aliphatic carbocycles. The van der Waals surface area contributed by atoms with Crippen LogP contribution in [0, 0.1) is 27.7 Å². The van der Waals surface area contributed by atoms with Gasteiger partial charge in [-0.05, 0) is 56.5 Å². The molecule has 90 valence electrons. The van der Waals surface area contributed by atoms with Crippen LogP contribution in [0.5, 0.6) is 0 Å². The van der Waals surface area contributed by atoms with E-state index < -0.39 is 6.10 Å². The van der Waals surface area contributed by atoms with Gasteiger partial charge in [0.05, 0.1) is 0 Å². The largest absolute Gasteiger partial charge is 0.383 e. The summed E-state index contributed by atoms with van der Waals surface area (Å²) in [7, 11) is 0. The van der Waals surface area contributed by atoms with E-state index in [4.69, 9.17) is 0 Å². The minimum atomic E-state index is -0.491. The molecule has 0 aliphatic rings. The van der Waals surface area contributed by atoms with Crippen LogP contribution in [-0.4, -0.2) is 5.11 Å². The lowest BCUT2D eigenvalue weighted by Gasteiger charge is -2.16. The SMILES string of the molecule is Cc1cc(C)c(C(O)c2ccc(C)s2)c(C)c1. The van der Waals surface area contributed by atoms with Gasteiger partial charge < -0.3 is 5.11 Å². The van der Waals surface area contributed by atoms with Crippen molar-refractivity contribution < 1.29 is 5.11 Å². The lowest BCUT2D eigenvalue weighted by Crippen LogP contribution is -2.03. The van der Waals surface area contributed by atoms with E-state index in [0.29, 0.717) is 0 Å². The molecule has 2 heteroatoms. The second-order valence-electron chi connectivity index (χ2n) is 4.66. The van der Waals surface area contributed by atoms with Gasteiger partial charge in [0.15, 0.2) is 0 Å². The first-order valence-electron chi connectivity index (χ1n) is 5.81. The maximum Gasteiger partial charge on any atom is 0.114 e. The third-order valence-electron chi connectivity index (χ3n) is 3.04. The van der Waals surface area contributed by atoms with Crippen molar-refractivity contribution in [2.75, 3.05) is 0 Å². The zero-order chi connectivity index (χ0) is 12.6. The summed E-state index contributed by atoms with van der Waals surface area (Å²) in [5.41, 5.74) is 4.64. The number of hydrogen-bond acceptors (Lipinski definition) is 2. The average Bonchev–Trinajstić information content (AvgIpc) is 2.63. The zero-order valence-corrected chi connectivity index (χ0v) is 11.6. The first kappa shape index (κ1) is 12.3. The van der Waals surface area contributed by atoms with Gasteiger partial charge in [-0.3, -0.25) is 0 Å². The van der Waals surface area contributed by atoms with Crippen LogP contribution in [0.4, 0.5) is 0 Å². The molecular weight excluding hydrogens is 228 g/mol. The molecule has 2 rings (SSSR count). The van der Waals surface area contributed by atoms with Gasteiger partial charge in [-0.1, -0.05) is 17.7 Å². The fourth-order valence-corrected chi connectivity index (χ4v) is 3.24. The molecule has 0 fully saturated rings. The topological polar surface area (TPSA) is 20.2 Å². The van der Waals surface area contributed by atoms with Crippen LogP contribution in [0.2, 0.25) is 0 Å². The predicted molar refractivity (Wildman–Crippen MR) is 73.8 cm³/mol. The molecule has 1 aromatic heterocycles. The Labute approximate surface area is 107 Å². The van der Waals surface area contributed by atoms with E-state index in [1.165, 1.54) is 21.6 Å². The number of thiophene rings is 1. The van der Waals surface area contributed by atoms with Crippen molar-refractivity contribution >= 4 is 11.3 Å². The van der Waals surface area contributed by atoms with Gasteiger partial charge in [-0.15, -0.1) is 11.3 Å². The Balaban J connectivity index is 2.47. The van der Waals surface area contributed by atoms with Crippen molar-refractivity contribution in [2.45, 2.75) is 33.8 Å². The minimum Gasteiger partial charge on any atom is -0.383 e.